The molecule has 2 rings (SSSR count). The van der Waals surface area contributed by atoms with Crippen molar-refractivity contribution in [2.75, 3.05) is 19.5 Å². The molecule has 0 aromatic heterocycles. The first kappa shape index (κ1) is 13.4. The number of anilines is 1. The normalized spacial score (nSPS) is 18.5. The minimum absolute atomic E-state index is 0.328. The SMILES string of the molecule is CCC1=C(Nc2ccc(OC)cc2)C(OC)OC1=O. The van der Waals surface area contributed by atoms with Gasteiger partial charge >= 0.3 is 5.97 Å². The zero-order valence-electron chi connectivity index (χ0n) is 11.2. The van der Waals surface area contributed by atoms with Gasteiger partial charge in [0.05, 0.1) is 18.4 Å². The van der Waals surface area contributed by atoms with E-state index in [0.29, 0.717) is 17.7 Å². The molecule has 0 bridgehead atoms. The molecule has 0 amide bonds. The maximum atomic E-state index is 11.7. The molecule has 0 saturated heterocycles. The number of hydrogen-bond donors (Lipinski definition) is 1. The fraction of sp³-hybridized carbons (Fsp3) is 0.357. The fourth-order valence-electron chi connectivity index (χ4n) is 1.94. The van der Waals surface area contributed by atoms with Crippen molar-refractivity contribution in [1.29, 1.82) is 0 Å². The number of cyclic esters (lactones) is 1. The van der Waals surface area contributed by atoms with Crippen LogP contribution in [-0.2, 0) is 14.3 Å². The van der Waals surface area contributed by atoms with Crippen LogP contribution in [0.25, 0.3) is 0 Å². The summed E-state index contributed by atoms with van der Waals surface area (Å²) >= 11 is 0. The summed E-state index contributed by atoms with van der Waals surface area (Å²) in [5.74, 6) is 0.447. The van der Waals surface area contributed by atoms with E-state index in [4.69, 9.17) is 14.2 Å². The summed E-state index contributed by atoms with van der Waals surface area (Å²) in [7, 11) is 3.12. The Morgan fingerprint density at radius 2 is 1.95 bits per heavy atom. The summed E-state index contributed by atoms with van der Waals surface area (Å²) in [5.41, 5.74) is 2.13. The Kier molecular flexibility index (Phi) is 4.06. The molecule has 1 N–H and O–H groups in total. The summed E-state index contributed by atoms with van der Waals surface area (Å²) < 4.78 is 15.4. The summed E-state index contributed by atoms with van der Waals surface area (Å²) in [6.07, 6.45) is -0.0680. The molecular weight excluding hydrogens is 246 g/mol. The predicted octanol–water partition coefficient (Wildman–Crippen LogP) is 2.30. The number of esters is 1. The molecule has 102 valence electrons. The summed E-state index contributed by atoms with van der Waals surface area (Å²) in [4.78, 5) is 11.7. The van der Waals surface area contributed by atoms with Crippen molar-refractivity contribution in [2.45, 2.75) is 19.6 Å². The lowest BCUT2D eigenvalue weighted by Crippen LogP contribution is -2.18. The van der Waals surface area contributed by atoms with Gasteiger partial charge in [-0.05, 0) is 30.7 Å². The van der Waals surface area contributed by atoms with E-state index in [2.05, 4.69) is 5.32 Å². The first-order valence-corrected chi connectivity index (χ1v) is 6.07. The number of hydrogen-bond acceptors (Lipinski definition) is 5. The number of ether oxygens (including phenoxy) is 3. The van der Waals surface area contributed by atoms with Crippen molar-refractivity contribution in [3.63, 3.8) is 0 Å². The maximum absolute atomic E-state index is 11.7. The van der Waals surface area contributed by atoms with Gasteiger partial charge in [0.2, 0.25) is 6.29 Å². The van der Waals surface area contributed by atoms with Crippen LogP contribution in [0.3, 0.4) is 0 Å². The van der Waals surface area contributed by atoms with Gasteiger partial charge < -0.3 is 19.5 Å². The molecule has 0 fully saturated rings. The molecule has 1 atom stereocenters. The van der Waals surface area contributed by atoms with E-state index in [9.17, 15) is 4.79 Å². The van der Waals surface area contributed by atoms with Crippen LogP contribution in [0.4, 0.5) is 5.69 Å². The van der Waals surface area contributed by atoms with E-state index in [1.807, 2.05) is 31.2 Å². The van der Waals surface area contributed by atoms with Gasteiger partial charge in [-0.1, -0.05) is 6.92 Å². The van der Waals surface area contributed by atoms with Gasteiger partial charge in [-0.15, -0.1) is 0 Å². The zero-order chi connectivity index (χ0) is 13.8. The van der Waals surface area contributed by atoms with Gasteiger partial charge in [-0.25, -0.2) is 4.79 Å². The van der Waals surface area contributed by atoms with E-state index >= 15 is 0 Å². The molecule has 5 heteroatoms. The van der Waals surface area contributed by atoms with Gasteiger partial charge in [-0.2, -0.15) is 0 Å². The number of methoxy groups -OCH3 is 2. The Hall–Kier alpha value is -2.01. The molecule has 1 unspecified atom stereocenters. The third-order valence-corrected chi connectivity index (χ3v) is 2.96. The average Bonchev–Trinajstić information content (AvgIpc) is 2.75. The smallest absolute Gasteiger partial charge is 0.338 e. The fourth-order valence-corrected chi connectivity index (χ4v) is 1.94. The van der Waals surface area contributed by atoms with Crippen molar-refractivity contribution in [3.8, 4) is 5.75 Å². The van der Waals surface area contributed by atoms with Crippen molar-refractivity contribution in [3.05, 3.63) is 35.5 Å². The minimum Gasteiger partial charge on any atom is -0.497 e. The second-order valence-corrected chi connectivity index (χ2v) is 4.07. The second kappa shape index (κ2) is 5.75. The molecule has 19 heavy (non-hydrogen) atoms. The largest absolute Gasteiger partial charge is 0.497 e. The minimum atomic E-state index is -0.662. The van der Waals surface area contributed by atoms with Crippen LogP contribution in [0.5, 0.6) is 5.75 Å². The van der Waals surface area contributed by atoms with Crippen LogP contribution in [0.1, 0.15) is 13.3 Å². The molecule has 0 spiro atoms. The van der Waals surface area contributed by atoms with Gasteiger partial charge in [0.25, 0.3) is 0 Å². The highest BCUT2D eigenvalue weighted by Crippen LogP contribution is 2.27. The highest BCUT2D eigenvalue weighted by molar-refractivity contribution is 5.92. The second-order valence-electron chi connectivity index (χ2n) is 4.07. The molecule has 1 heterocycles. The molecule has 1 aliphatic heterocycles. The molecule has 0 radical (unpaired) electrons. The number of carbonyl (C=O) groups is 1. The first-order valence-electron chi connectivity index (χ1n) is 6.07. The van der Waals surface area contributed by atoms with Crippen LogP contribution in [0.15, 0.2) is 35.5 Å². The van der Waals surface area contributed by atoms with Gasteiger partial charge in [0.1, 0.15) is 5.75 Å². The van der Waals surface area contributed by atoms with Gasteiger partial charge in [-0.3, -0.25) is 0 Å². The lowest BCUT2D eigenvalue weighted by molar-refractivity contribution is -0.155. The molecule has 0 saturated carbocycles. The van der Waals surface area contributed by atoms with Crippen LogP contribution in [-0.4, -0.2) is 26.5 Å². The van der Waals surface area contributed by atoms with Crippen LogP contribution in [0, 0.1) is 0 Å². The van der Waals surface area contributed by atoms with Crippen molar-refractivity contribution >= 4 is 11.7 Å². The predicted molar refractivity (Wildman–Crippen MR) is 70.8 cm³/mol. The highest BCUT2D eigenvalue weighted by Gasteiger charge is 2.33. The van der Waals surface area contributed by atoms with E-state index < -0.39 is 6.29 Å². The standard InChI is InChI=1S/C14H17NO4/c1-4-11-12(14(18-3)19-13(11)16)15-9-5-7-10(17-2)8-6-9/h5-8,14-15H,4H2,1-3H3. The van der Waals surface area contributed by atoms with Crippen LogP contribution >= 0.6 is 0 Å². The average molecular weight is 263 g/mol. The quantitative estimate of drug-likeness (QED) is 0.826. The van der Waals surface area contributed by atoms with Crippen molar-refractivity contribution in [2.24, 2.45) is 0 Å². The van der Waals surface area contributed by atoms with Crippen molar-refractivity contribution in [1.82, 2.24) is 0 Å². The molecule has 0 aliphatic carbocycles. The van der Waals surface area contributed by atoms with E-state index in [0.717, 1.165) is 11.4 Å². The van der Waals surface area contributed by atoms with E-state index in [-0.39, 0.29) is 5.97 Å². The Bertz CT molecular complexity index is 493. The summed E-state index contributed by atoms with van der Waals surface area (Å²) in [5, 5.41) is 3.18. The highest BCUT2D eigenvalue weighted by atomic mass is 16.7. The topological polar surface area (TPSA) is 56.8 Å². The Labute approximate surface area is 112 Å². The molecule has 1 aliphatic rings. The van der Waals surface area contributed by atoms with Crippen LogP contribution < -0.4 is 10.1 Å². The number of benzene rings is 1. The third-order valence-electron chi connectivity index (χ3n) is 2.96. The third kappa shape index (κ3) is 2.71. The van der Waals surface area contributed by atoms with Crippen molar-refractivity contribution < 1.29 is 19.0 Å². The summed E-state index contributed by atoms with van der Waals surface area (Å²) in [6, 6.07) is 7.42. The number of carbonyl (C=O) groups excluding carboxylic acids is 1. The molecule has 5 nitrogen and oxygen atoms in total. The number of nitrogens with one attached hydrogen (secondary N) is 1. The van der Waals surface area contributed by atoms with Gasteiger partial charge in [0, 0.05) is 12.8 Å². The monoisotopic (exact) mass is 263 g/mol. The molecule has 1 aromatic carbocycles. The first-order chi connectivity index (χ1) is 9.19. The molecule has 1 aromatic rings. The van der Waals surface area contributed by atoms with Gasteiger partial charge in [0.15, 0.2) is 0 Å². The van der Waals surface area contributed by atoms with Crippen LogP contribution in [0.2, 0.25) is 0 Å². The Morgan fingerprint density at radius 1 is 1.26 bits per heavy atom. The summed E-state index contributed by atoms with van der Waals surface area (Å²) in [6.45, 7) is 1.91. The zero-order valence-corrected chi connectivity index (χ0v) is 11.2. The Balaban J connectivity index is 2.23. The lowest BCUT2D eigenvalue weighted by Gasteiger charge is -2.14. The van der Waals surface area contributed by atoms with E-state index in [1.165, 1.54) is 7.11 Å². The Morgan fingerprint density at radius 3 is 2.47 bits per heavy atom. The molecular formula is C14H17NO4. The maximum Gasteiger partial charge on any atom is 0.338 e. The lowest BCUT2D eigenvalue weighted by atomic mass is 10.1. The number of rotatable bonds is 5. The van der Waals surface area contributed by atoms with E-state index in [1.54, 1.807) is 7.11 Å².